The van der Waals surface area contributed by atoms with Gasteiger partial charge in [-0.2, -0.15) is 4.98 Å². The van der Waals surface area contributed by atoms with Crippen molar-refractivity contribution >= 4 is 5.91 Å². The summed E-state index contributed by atoms with van der Waals surface area (Å²) in [5, 5.41) is 4.06. The predicted molar refractivity (Wildman–Crippen MR) is 106 cm³/mol. The highest BCUT2D eigenvalue weighted by Gasteiger charge is 2.20. The van der Waals surface area contributed by atoms with Crippen LogP contribution in [0.25, 0.3) is 22.8 Å². The first-order valence-corrected chi connectivity index (χ1v) is 9.59. The molecule has 0 aliphatic carbocycles. The zero-order valence-corrected chi connectivity index (χ0v) is 15.9. The molecule has 28 heavy (non-hydrogen) atoms. The van der Waals surface area contributed by atoms with E-state index in [0.717, 1.165) is 37.1 Å². The highest BCUT2D eigenvalue weighted by atomic mass is 16.5. The van der Waals surface area contributed by atoms with Crippen molar-refractivity contribution in [1.29, 1.82) is 0 Å². The lowest BCUT2D eigenvalue weighted by atomic mass is 9.99. The summed E-state index contributed by atoms with van der Waals surface area (Å²) in [7, 11) is 0. The summed E-state index contributed by atoms with van der Waals surface area (Å²) in [4.78, 5) is 18.7. The maximum absolute atomic E-state index is 12.4. The number of hydrogen-bond donors (Lipinski definition) is 0. The molecule has 1 fully saturated rings. The monoisotopic (exact) mass is 377 g/mol. The van der Waals surface area contributed by atoms with Crippen LogP contribution in [0.5, 0.6) is 5.75 Å². The molecule has 0 atom stereocenters. The number of nitrogens with zero attached hydrogens (tertiary/aromatic N) is 3. The molecule has 2 aromatic carbocycles. The number of rotatable bonds is 5. The van der Waals surface area contributed by atoms with Crippen LogP contribution >= 0.6 is 0 Å². The third-order valence-electron chi connectivity index (χ3n) is 5.04. The summed E-state index contributed by atoms with van der Waals surface area (Å²) in [6, 6.07) is 17.0. The van der Waals surface area contributed by atoms with Gasteiger partial charge in [0.25, 0.3) is 11.8 Å². The van der Waals surface area contributed by atoms with E-state index < -0.39 is 0 Å². The molecular formula is C22H23N3O3. The van der Waals surface area contributed by atoms with Gasteiger partial charge >= 0.3 is 0 Å². The Morgan fingerprint density at radius 1 is 1.11 bits per heavy atom. The number of amides is 1. The maximum atomic E-state index is 12.4. The van der Waals surface area contributed by atoms with Crippen molar-refractivity contribution in [3.63, 3.8) is 0 Å². The molecule has 4 rings (SSSR count). The molecule has 1 aliphatic heterocycles. The van der Waals surface area contributed by atoms with Gasteiger partial charge in [0.15, 0.2) is 6.61 Å². The van der Waals surface area contributed by atoms with Gasteiger partial charge in [0.1, 0.15) is 5.75 Å². The summed E-state index contributed by atoms with van der Waals surface area (Å²) in [6.45, 7) is 3.90. The van der Waals surface area contributed by atoms with Crippen LogP contribution in [0.2, 0.25) is 0 Å². The number of carbonyl (C=O) groups is 1. The van der Waals surface area contributed by atoms with E-state index in [1.807, 2.05) is 59.5 Å². The molecule has 1 aliphatic rings. The van der Waals surface area contributed by atoms with E-state index in [4.69, 9.17) is 9.26 Å². The summed E-state index contributed by atoms with van der Waals surface area (Å²) in [5.41, 5.74) is 1.65. The molecule has 0 bridgehead atoms. The number of hydrogen-bond acceptors (Lipinski definition) is 5. The van der Waals surface area contributed by atoms with Crippen LogP contribution in [0.4, 0.5) is 0 Å². The Balaban J connectivity index is 1.41. The largest absolute Gasteiger partial charge is 0.484 e. The Labute approximate surface area is 164 Å². The van der Waals surface area contributed by atoms with Gasteiger partial charge in [0.05, 0.1) is 0 Å². The van der Waals surface area contributed by atoms with E-state index in [-0.39, 0.29) is 12.5 Å². The fourth-order valence-corrected chi connectivity index (χ4v) is 3.26. The van der Waals surface area contributed by atoms with Gasteiger partial charge in [-0.25, -0.2) is 0 Å². The van der Waals surface area contributed by atoms with E-state index in [2.05, 4.69) is 17.1 Å². The first-order valence-electron chi connectivity index (χ1n) is 9.59. The lowest BCUT2D eigenvalue weighted by molar-refractivity contribution is -0.134. The molecule has 0 saturated carbocycles. The third-order valence-corrected chi connectivity index (χ3v) is 5.04. The average Bonchev–Trinajstić information content (AvgIpc) is 3.24. The standard InChI is InChI=1S/C22H23N3O3/c1-16-10-12-25(13-11-16)20(26)15-27-19-9-5-8-18(14-19)21-23-22(28-24-21)17-6-3-2-4-7-17/h2-9,14,16H,10-13,15H2,1H3. The van der Waals surface area contributed by atoms with Crippen LogP contribution in [-0.4, -0.2) is 40.6 Å². The topological polar surface area (TPSA) is 68.5 Å². The number of likely N-dealkylation sites (tertiary alicyclic amines) is 1. The van der Waals surface area contributed by atoms with Crippen LogP contribution in [0.3, 0.4) is 0 Å². The highest BCUT2D eigenvalue weighted by molar-refractivity contribution is 5.78. The Bertz CT molecular complexity index is 931. The highest BCUT2D eigenvalue weighted by Crippen LogP contribution is 2.25. The number of carbonyl (C=O) groups excluding carboxylic acids is 1. The lowest BCUT2D eigenvalue weighted by Gasteiger charge is -2.30. The van der Waals surface area contributed by atoms with Crippen molar-refractivity contribution in [2.24, 2.45) is 5.92 Å². The lowest BCUT2D eigenvalue weighted by Crippen LogP contribution is -2.40. The van der Waals surface area contributed by atoms with E-state index in [1.165, 1.54) is 0 Å². The summed E-state index contributed by atoms with van der Waals surface area (Å²) in [5.74, 6) is 2.29. The fraction of sp³-hybridized carbons (Fsp3) is 0.318. The quantitative estimate of drug-likeness (QED) is 0.671. The molecule has 3 aromatic rings. The van der Waals surface area contributed by atoms with Crippen molar-refractivity contribution in [2.45, 2.75) is 19.8 Å². The molecule has 1 aromatic heterocycles. The normalized spacial score (nSPS) is 14.8. The van der Waals surface area contributed by atoms with E-state index in [9.17, 15) is 4.79 Å². The van der Waals surface area contributed by atoms with Crippen LogP contribution in [0, 0.1) is 5.92 Å². The number of ether oxygens (including phenoxy) is 1. The summed E-state index contributed by atoms with van der Waals surface area (Å²) < 4.78 is 11.1. The Kier molecular flexibility index (Phi) is 5.37. The molecule has 0 unspecified atom stereocenters. The van der Waals surface area contributed by atoms with E-state index >= 15 is 0 Å². The van der Waals surface area contributed by atoms with E-state index in [0.29, 0.717) is 23.4 Å². The van der Waals surface area contributed by atoms with Crippen molar-refractivity contribution < 1.29 is 14.1 Å². The molecule has 0 N–H and O–H groups in total. The number of aromatic nitrogens is 2. The second-order valence-corrected chi connectivity index (χ2v) is 7.17. The molecule has 144 valence electrons. The van der Waals surface area contributed by atoms with Crippen molar-refractivity contribution in [1.82, 2.24) is 15.0 Å². The molecule has 0 radical (unpaired) electrons. The van der Waals surface area contributed by atoms with Crippen LogP contribution in [0.15, 0.2) is 59.1 Å². The summed E-state index contributed by atoms with van der Waals surface area (Å²) >= 11 is 0. The zero-order chi connectivity index (χ0) is 19.3. The molecular weight excluding hydrogens is 354 g/mol. The Morgan fingerprint density at radius 2 is 1.86 bits per heavy atom. The zero-order valence-electron chi connectivity index (χ0n) is 15.9. The second-order valence-electron chi connectivity index (χ2n) is 7.17. The van der Waals surface area contributed by atoms with Crippen molar-refractivity contribution in [3.8, 4) is 28.6 Å². The van der Waals surface area contributed by atoms with Gasteiger partial charge in [-0.1, -0.05) is 42.4 Å². The predicted octanol–water partition coefficient (Wildman–Crippen LogP) is 4.04. The average molecular weight is 377 g/mol. The minimum absolute atomic E-state index is 0.0308. The van der Waals surface area contributed by atoms with Gasteiger partial charge in [0, 0.05) is 24.2 Å². The first-order chi connectivity index (χ1) is 13.7. The molecule has 6 nitrogen and oxygen atoms in total. The van der Waals surface area contributed by atoms with Crippen molar-refractivity contribution in [3.05, 3.63) is 54.6 Å². The second kappa shape index (κ2) is 8.25. The number of piperidine rings is 1. The van der Waals surface area contributed by atoms with Gasteiger partial charge in [-0.15, -0.1) is 0 Å². The van der Waals surface area contributed by atoms with E-state index in [1.54, 1.807) is 0 Å². The van der Waals surface area contributed by atoms with Gasteiger partial charge in [0.2, 0.25) is 5.82 Å². The van der Waals surface area contributed by atoms with Crippen LogP contribution in [0.1, 0.15) is 19.8 Å². The SMILES string of the molecule is CC1CCN(C(=O)COc2cccc(-c3noc(-c4ccccc4)n3)c2)CC1. The van der Waals surface area contributed by atoms with Crippen LogP contribution in [-0.2, 0) is 4.79 Å². The Morgan fingerprint density at radius 3 is 2.64 bits per heavy atom. The molecule has 6 heteroatoms. The maximum Gasteiger partial charge on any atom is 0.260 e. The van der Waals surface area contributed by atoms with Gasteiger partial charge in [-0.05, 0) is 43.0 Å². The van der Waals surface area contributed by atoms with Gasteiger partial charge < -0.3 is 14.2 Å². The fourth-order valence-electron chi connectivity index (χ4n) is 3.26. The minimum Gasteiger partial charge on any atom is -0.484 e. The smallest absolute Gasteiger partial charge is 0.260 e. The third kappa shape index (κ3) is 4.22. The first kappa shape index (κ1) is 18.2. The molecule has 1 amide bonds. The number of benzene rings is 2. The Hall–Kier alpha value is -3.15. The molecule has 2 heterocycles. The minimum atomic E-state index is 0.0308. The molecule has 1 saturated heterocycles. The van der Waals surface area contributed by atoms with Crippen LogP contribution < -0.4 is 4.74 Å². The summed E-state index contributed by atoms with van der Waals surface area (Å²) in [6.07, 6.45) is 2.12. The van der Waals surface area contributed by atoms with Gasteiger partial charge in [-0.3, -0.25) is 4.79 Å². The van der Waals surface area contributed by atoms with Crippen molar-refractivity contribution in [2.75, 3.05) is 19.7 Å². The molecule has 0 spiro atoms.